The zero-order valence-corrected chi connectivity index (χ0v) is 15.9. The fourth-order valence-corrected chi connectivity index (χ4v) is 3.06. The van der Waals surface area contributed by atoms with Crippen molar-refractivity contribution >= 4 is 34.0 Å². The second-order valence-electron chi connectivity index (χ2n) is 5.53. The first-order chi connectivity index (χ1) is 12.5. The minimum absolute atomic E-state index is 0.248. The Morgan fingerprint density at radius 3 is 2.62 bits per heavy atom. The van der Waals surface area contributed by atoms with Crippen LogP contribution in [0.5, 0.6) is 11.5 Å². The fourth-order valence-electron chi connectivity index (χ4n) is 2.25. The Morgan fingerprint density at radius 1 is 1.19 bits per heavy atom. The van der Waals surface area contributed by atoms with Gasteiger partial charge in [-0.15, -0.1) is 11.3 Å². The van der Waals surface area contributed by atoms with Crippen LogP contribution in [0, 0.1) is 6.92 Å². The van der Waals surface area contributed by atoms with Crippen LogP contribution in [0.15, 0.2) is 47.8 Å². The Morgan fingerprint density at radius 2 is 1.96 bits per heavy atom. The van der Waals surface area contributed by atoms with Crippen molar-refractivity contribution in [1.82, 2.24) is 4.98 Å². The van der Waals surface area contributed by atoms with Gasteiger partial charge in [-0.3, -0.25) is 10.1 Å². The second-order valence-corrected chi connectivity index (χ2v) is 6.82. The molecule has 0 aliphatic rings. The molecule has 5 nitrogen and oxygen atoms in total. The maximum absolute atomic E-state index is 12.4. The van der Waals surface area contributed by atoms with Crippen molar-refractivity contribution in [2.75, 3.05) is 12.4 Å². The number of hydrogen-bond donors (Lipinski definition) is 1. The number of aromatic nitrogens is 1. The molecule has 3 aromatic rings. The molecule has 0 spiro atoms. The number of methoxy groups -OCH3 is 1. The average Bonchev–Trinajstić information content (AvgIpc) is 3.05. The molecule has 134 valence electrons. The van der Waals surface area contributed by atoms with Crippen LogP contribution in [0.2, 0.25) is 5.02 Å². The molecule has 0 saturated carbocycles. The van der Waals surface area contributed by atoms with Gasteiger partial charge in [0, 0.05) is 16.0 Å². The number of thiazole rings is 1. The molecule has 2 aromatic carbocycles. The van der Waals surface area contributed by atoms with E-state index in [2.05, 4.69) is 10.3 Å². The molecule has 1 N–H and O–H groups in total. The van der Waals surface area contributed by atoms with E-state index in [0.29, 0.717) is 33.8 Å². The Hall–Kier alpha value is -2.57. The lowest BCUT2D eigenvalue weighted by Crippen LogP contribution is -2.12. The van der Waals surface area contributed by atoms with Crippen LogP contribution in [0.1, 0.15) is 21.6 Å². The van der Waals surface area contributed by atoms with Gasteiger partial charge in [0.15, 0.2) is 16.6 Å². The van der Waals surface area contributed by atoms with E-state index in [1.165, 1.54) is 18.4 Å². The molecule has 3 rings (SSSR count). The van der Waals surface area contributed by atoms with Gasteiger partial charge in [-0.2, -0.15) is 0 Å². The third-order valence-corrected chi connectivity index (χ3v) is 4.70. The quantitative estimate of drug-likeness (QED) is 0.649. The summed E-state index contributed by atoms with van der Waals surface area (Å²) in [6.07, 6.45) is 0. The van der Waals surface area contributed by atoms with Crippen LogP contribution in [0.3, 0.4) is 0 Å². The molecule has 1 aromatic heterocycles. The monoisotopic (exact) mass is 388 g/mol. The topological polar surface area (TPSA) is 60.5 Å². The zero-order chi connectivity index (χ0) is 18.5. The minimum Gasteiger partial charge on any atom is -0.493 e. The summed E-state index contributed by atoms with van der Waals surface area (Å²) >= 11 is 7.26. The van der Waals surface area contributed by atoms with E-state index in [1.807, 2.05) is 36.6 Å². The van der Waals surface area contributed by atoms with Gasteiger partial charge in [0.1, 0.15) is 6.61 Å². The first-order valence-electron chi connectivity index (χ1n) is 7.84. The van der Waals surface area contributed by atoms with Crippen LogP contribution in [-0.4, -0.2) is 18.0 Å². The molecular weight excluding hydrogens is 372 g/mol. The number of hydrogen-bond acceptors (Lipinski definition) is 5. The molecule has 26 heavy (non-hydrogen) atoms. The van der Waals surface area contributed by atoms with Crippen LogP contribution < -0.4 is 14.8 Å². The standard InChI is InChI=1S/C19H17ClN2O3S/c1-12-11-26-19(21-12)22-18(23)14-5-8-16(17(9-14)24-2)25-10-13-3-6-15(20)7-4-13/h3-9,11H,10H2,1-2H3,(H,21,22,23). The lowest BCUT2D eigenvalue weighted by Gasteiger charge is -2.12. The summed E-state index contributed by atoms with van der Waals surface area (Å²) in [5, 5.41) is 5.89. The van der Waals surface area contributed by atoms with Gasteiger partial charge in [0.25, 0.3) is 5.91 Å². The van der Waals surface area contributed by atoms with Crippen LogP contribution >= 0.6 is 22.9 Å². The highest BCUT2D eigenvalue weighted by atomic mass is 35.5. The van der Waals surface area contributed by atoms with E-state index in [9.17, 15) is 4.79 Å². The van der Waals surface area contributed by atoms with Gasteiger partial charge in [0.2, 0.25) is 0 Å². The van der Waals surface area contributed by atoms with Crippen molar-refractivity contribution in [3.63, 3.8) is 0 Å². The van der Waals surface area contributed by atoms with Crippen LogP contribution in [0.25, 0.3) is 0 Å². The highest BCUT2D eigenvalue weighted by molar-refractivity contribution is 7.13. The largest absolute Gasteiger partial charge is 0.493 e. The average molecular weight is 389 g/mol. The molecule has 0 atom stereocenters. The molecule has 0 unspecified atom stereocenters. The first-order valence-corrected chi connectivity index (χ1v) is 9.09. The van der Waals surface area contributed by atoms with E-state index in [0.717, 1.165) is 11.3 Å². The summed E-state index contributed by atoms with van der Waals surface area (Å²) in [5.41, 5.74) is 2.32. The summed E-state index contributed by atoms with van der Waals surface area (Å²) in [6, 6.07) is 12.5. The maximum Gasteiger partial charge on any atom is 0.257 e. The summed E-state index contributed by atoms with van der Waals surface area (Å²) in [4.78, 5) is 16.6. The molecule has 0 fully saturated rings. The number of amides is 1. The molecule has 0 aliphatic carbocycles. The van der Waals surface area contributed by atoms with E-state index < -0.39 is 0 Å². The van der Waals surface area contributed by atoms with Crippen molar-refractivity contribution in [1.29, 1.82) is 0 Å². The minimum atomic E-state index is -0.248. The lowest BCUT2D eigenvalue weighted by molar-refractivity contribution is 0.102. The van der Waals surface area contributed by atoms with E-state index in [4.69, 9.17) is 21.1 Å². The maximum atomic E-state index is 12.4. The number of aryl methyl sites for hydroxylation is 1. The van der Waals surface area contributed by atoms with Crippen molar-refractivity contribution in [3.05, 3.63) is 69.7 Å². The predicted molar refractivity (Wildman–Crippen MR) is 104 cm³/mol. The van der Waals surface area contributed by atoms with Crippen LogP contribution in [0.4, 0.5) is 5.13 Å². The third-order valence-electron chi connectivity index (χ3n) is 3.57. The highest BCUT2D eigenvalue weighted by Crippen LogP contribution is 2.29. The summed E-state index contributed by atoms with van der Waals surface area (Å²) in [7, 11) is 1.54. The van der Waals surface area contributed by atoms with Crippen molar-refractivity contribution in [2.45, 2.75) is 13.5 Å². The van der Waals surface area contributed by atoms with Crippen molar-refractivity contribution < 1.29 is 14.3 Å². The lowest BCUT2D eigenvalue weighted by atomic mass is 10.2. The molecule has 0 radical (unpaired) electrons. The SMILES string of the molecule is COc1cc(C(=O)Nc2nc(C)cs2)ccc1OCc1ccc(Cl)cc1. The molecule has 1 heterocycles. The first kappa shape index (κ1) is 18.2. The third kappa shape index (κ3) is 4.53. The summed E-state index contributed by atoms with van der Waals surface area (Å²) in [5.74, 6) is 0.799. The number of ether oxygens (including phenoxy) is 2. The molecule has 0 saturated heterocycles. The zero-order valence-electron chi connectivity index (χ0n) is 14.3. The molecule has 0 bridgehead atoms. The number of halogens is 1. The molecule has 0 aliphatic heterocycles. The molecular formula is C19H17ClN2O3S. The number of anilines is 1. The van der Waals surface area contributed by atoms with E-state index in [-0.39, 0.29) is 5.91 Å². The summed E-state index contributed by atoms with van der Waals surface area (Å²) < 4.78 is 11.2. The number of benzene rings is 2. The Kier molecular flexibility index (Phi) is 5.75. The van der Waals surface area contributed by atoms with Crippen LogP contribution in [-0.2, 0) is 6.61 Å². The Bertz CT molecular complexity index is 909. The van der Waals surface area contributed by atoms with Crippen molar-refractivity contribution in [2.24, 2.45) is 0 Å². The Labute approximate surface area is 160 Å². The van der Waals surface area contributed by atoms with Gasteiger partial charge in [-0.1, -0.05) is 23.7 Å². The number of nitrogens with zero attached hydrogens (tertiary/aromatic N) is 1. The molecule has 7 heteroatoms. The normalized spacial score (nSPS) is 10.4. The molecule has 1 amide bonds. The fraction of sp³-hybridized carbons (Fsp3) is 0.158. The highest BCUT2D eigenvalue weighted by Gasteiger charge is 2.13. The van der Waals surface area contributed by atoms with Gasteiger partial charge < -0.3 is 9.47 Å². The van der Waals surface area contributed by atoms with E-state index in [1.54, 1.807) is 18.2 Å². The Balaban J connectivity index is 1.70. The number of rotatable bonds is 6. The number of nitrogens with one attached hydrogen (secondary N) is 1. The number of carbonyl (C=O) groups is 1. The summed E-state index contributed by atoms with van der Waals surface area (Å²) in [6.45, 7) is 2.25. The van der Waals surface area contributed by atoms with Gasteiger partial charge in [-0.05, 0) is 42.8 Å². The van der Waals surface area contributed by atoms with Gasteiger partial charge >= 0.3 is 0 Å². The van der Waals surface area contributed by atoms with Crippen molar-refractivity contribution in [3.8, 4) is 11.5 Å². The smallest absolute Gasteiger partial charge is 0.257 e. The van der Waals surface area contributed by atoms with E-state index >= 15 is 0 Å². The predicted octanol–water partition coefficient (Wildman–Crippen LogP) is 4.94. The second kappa shape index (κ2) is 8.21. The van der Waals surface area contributed by atoms with Gasteiger partial charge in [-0.25, -0.2) is 4.98 Å². The van der Waals surface area contributed by atoms with Gasteiger partial charge in [0.05, 0.1) is 12.8 Å². The number of carbonyl (C=O) groups excluding carboxylic acids is 1.